The average Bonchev–Trinajstić information content (AvgIpc) is 2.26. The van der Waals surface area contributed by atoms with E-state index in [2.05, 4.69) is 31.2 Å². The van der Waals surface area contributed by atoms with Crippen molar-refractivity contribution in [2.45, 2.75) is 31.1 Å². The first kappa shape index (κ1) is 14.9. The van der Waals surface area contributed by atoms with Crippen LogP contribution in [0.1, 0.15) is 25.3 Å². The highest BCUT2D eigenvalue weighted by atomic mass is 35.7. The smallest absolute Gasteiger partial charge is 0.212 e. The van der Waals surface area contributed by atoms with Crippen LogP contribution in [0, 0.1) is 0 Å². The maximum atomic E-state index is 10.7. The van der Waals surface area contributed by atoms with Crippen molar-refractivity contribution in [3.8, 4) is 0 Å². The third-order valence-electron chi connectivity index (χ3n) is 2.26. The standard InChI is InChI=1S/C12H17ClO2S2/c1-2-4-11-5-7-12(8-6-11)16-9-3-10-17(13,14)15/h5-8H,2-4,9-10H2,1H3. The monoisotopic (exact) mass is 292 g/mol. The van der Waals surface area contributed by atoms with Gasteiger partial charge in [-0.2, -0.15) is 0 Å². The zero-order valence-electron chi connectivity index (χ0n) is 9.86. The molecule has 0 atom stereocenters. The van der Waals surface area contributed by atoms with Crippen LogP contribution in [0.5, 0.6) is 0 Å². The fourth-order valence-corrected chi connectivity index (χ4v) is 3.31. The molecular weight excluding hydrogens is 276 g/mol. The number of hydrogen-bond donors (Lipinski definition) is 0. The second-order valence-electron chi connectivity index (χ2n) is 3.84. The molecule has 5 heteroatoms. The summed E-state index contributed by atoms with van der Waals surface area (Å²) in [5.41, 5.74) is 1.35. The molecule has 0 spiro atoms. The number of halogens is 1. The number of rotatable bonds is 7. The van der Waals surface area contributed by atoms with Crippen molar-refractivity contribution in [1.29, 1.82) is 0 Å². The fraction of sp³-hybridized carbons (Fsp3) is 0.500. The van der Waals surface area contributed by atoms with Gasteiger partial charge in [0, 0.05) is 15.6 Å². The predicted octanol–water partition coefficient (Wildman–Crippen LogP) is 3.69. The third-order valence-corrected chi connectivity index (χ3v) is 4.60. The maximum absolute atomic E-state index is 10.7. The van der Waals surface area contributed by atoms with Gasteiger partial charge in [-0.15, -0.1) is 11.8 Å². The van der Waals surface area contributed by atoms with Crippen LogP contribution in [0.15, 0.2) is 29.2 Å². The van der Waals surface area contributed by atoms with E-state index >= 15 is 0 Å². The van der Waals surface area contributed by atoms with Crippen molar-refractivity contribution in [1.82, 2.24) is 0 Å². The van der Waals surface area contributed by atoms with Crippen LogP contribution in [0.3, 0.4) is 0 Å². The number of thioether (sulfide) groups is 1. The van der Waals surface area contributed by atoms with Gasteiger partial charge in [-0.1, -0.05) is 25.5 Å². The summed E-state index contributed by atoms with van der Waals surface area (Å²) < 4.78 is 21.4. The molecule has 0 saturated carbocycles. The minimum atomic E-state index is -3.33. The molecule has 0 amide bonds. The molecule has 96 valence electrons. The molecule has 0 bridgehead atoms. The lowest BCUT2D eigenvalue weighted by molar-refractivity contribution is 0.608. The maximum Gasteiger partial charge on any atom is 0.232 e. The Balaban J connectivity index is 2.32. The molecule has 0 N–H and O–H groups in total. The summed E-state index contributed by atoms with van der Waals surface area (Å²) in [5.74, 6) is 0.828. The van der Waals surface area contributed by atoms with Crippen molar-refractivity contribution >= 4 is 31.5 Å². The van der Waals surface area contributed by atoms with Crippen molar-refractivity contribution in [3.63, 3.8) is 0 Å². The zero-order chi connectivity index (χ0) is 12.7. The van der Waals surface area contributed by atoms with Gasteiger partial charge in [0.2, 0.25) is 9.05 Å². The van der Waals surface area contributed by atoms with Crippen LogP contribution in [-0.4, -0.2) is 19.9 Å². The van der Waals surface area contributed by atoms with Crippen LogP contribution in [-0.2, 0) is 15.5 Å². The lowest BCUT2D eigenvalue weighted by Crippen LogP contribution is -1.98. The minimum Gasteiger partial charge on any atom is -0.212 e. The Morgan fingerprint density at radius 1 is 1.24 bits per heavy atom. The Bertz CT molecular complexity index is 426. The number of aryl methyl sites for hydroxylation is 1. The second-order valence-corrected chi connectivity index (χ2v) is 7.90. The van der Waals surface area contributed by atoms with E-state index in [0.717, 1.165) is 18.6 Å². The Morgan fingerprint density at radius 3 is 2.41 bits per heavy atom. The van der Waals surface area contributed by atoms with Crippen molar-refractivity contribution in [3.05, 3.63) is 29.8 Å². The van der Waals surface area contributed by atoms with Gasteiger partial charge in [0.1, 0.15) is 0 Å². The van der Waals surface area contributed by atoms with E-state index in [9.17, 15) is 8.42 Å². The number of hydrogen-bond acceptors (Lipinski definition) is 3. The highest BCUT2D eigenvalue weighted by molar-refractivity contribution is 8.13. The predicted molar refractivity (Wildman–Crippen MR) is 75.4 cm³/mol. The van der Waals surface area contributed by atoms with Crippen LogP contribution in [0.2, 0.25) is 0 Å². The summed E-state index contributed by atoms with van der Waals surface area (Å²) in [6.07, 6.45) is 2.85. The van der Waals surface area contributed by atoms with Gasteiger partial charge in [0.15, 0.2) is 0 Å². The zero-order valence-corrected chi connectivity index (χ0v) is 12.2. The summed E-state index contributed by atoms with van der Waals surface area (Å²) in [5, 5.41) is 0. The molecule has 1 aromatic rings. The van der Waals surface area contributed by atoms with Gasteiger partial charge >= 0.3 is 0 Å². The Morgan fingerprint density at radius 2 is 1.88 bits per heavy atom. The molecule has 0 unspecified atom stereocenters. The van der Waals surface area contributed by atoms with Crippen LogP contribution in [0.25, 0.3) is 0 Å². The molecule has 0 aliphatic heterocycles. The van der Waals surface area contributed by atoms with Gasteiger partial charge in [0.05, 0.1) is 5.75 Å². The molecule has 1 rings (SSSR count). The molecule has 17 heavy (non-hydrogen) atoms. The second kappa shape index (κ2) is 7.29. The van der Waals surface area contributed by atoms with Crippen molar-refractivity contribution in [2.75, 3.05) is 11.5 Å². The van der Waals surface area contributed by atoms with E-state index in [1.54, 1.807) is 11.8 Å². The topological polar surface area (TPSA) is 34.1 Å². The van der Waals surface area contributed by atoms with Gasteiger partial charge < -0.3 is 0 Å². The first-order valence-corrected chi connectivity index (χ1v) is 9.12. The number of benzene rings is 1. The normalized spacial score (nSPS) is 11.6. The molecule has 0 saturated heterocycles. The van der Waals surface area contributed by atoms with Crippen LogP contribution < -0.4 is 0 Å². The first-order chi connectivity index (χ1) is 8.01. The molecular formula is C12H17ClO2S2. The summed E-state index contributed by atoms with van der Waals surface area (Å²) >= 11 is 1.66. The summed E-state index contributed by atoms with van der Waals surface area (Å²) in [6.45, 7) is 2.16. The molecule has 0 heterocycles. The first-order valence-electron chi connectivity index (χ1n) is 5.65. The molecule has 1 aromatic carbocycles. The minimum absolute atomic E-state index is 0.0511. The van der Waals surface area contributed by atoms with Gasteiger partial charge in [-0.3, -0.25) is 0 Å². The van der Waals surface area contributed by atoms with E-state index in [0.29, 0.717) is 6.42 Å². The van der Waals surface area contributed by atoms with Gasteiger partial charge in [-0.25, -0.2) is 8.42 Å². The molecule has 0 aromatic heterocycles. The molecule has 2 nitrogen and oxygen atoms in total. The van der Waals surface area contributed by atoms with Crippen LogP contribution >= 0.6 is 22.4 Å². The highest BCUT2D eigenvalue weighted by Gasteiger charge is 2.04. The summed E-state index contributed by atoms with van der Waals surface area (Å²) in [6, 6.07) is 8.43. The quantitative estimate of drug-likeness (QED) is 0.437. The largest absolute Gasteiger partial charge is 0.232 e. The van der Waals surface area contributed by atoms with E-state index in [4.69, 9.17) is 10.7 Å². The Hall–Kier alpha value is -0.190. The Labute approximate surface area is 112 Å². The van der Waals surface area contributed by atoms with E-state index < -0.39 is 9.05 Å². The van der Waals surface area contributed by atoms with E-state index in [1.165, 1.54) is 10.5 Å². The van der Waals surface area contributed by atoms with Gasteiger partial charge in [0.25, 0.3) is 0 Å². The fourth-order valence-electron chi connectivity index (χ4n) is 1.46. The summed E-state index contributed by atoms with van der Waals surface area (Å²) in [4.78, 5) is 1.18. The lowest BCUT2D eigenvalue weighted by atomic mass is 10.1. The Kier molecular flexibility index (Phi) is 6.38. The van der Waals surface area contributed by atoms with E-state index in [-0.39, 0.29) is 5.75 Å². The van der Waals surface area contributed by atoms with Crippen molar-refractivity contribution in [2.24, 2.45) is 0 Å². The highest BCUT2D eigenvalue weighted by Crippen LogP contribution is 2.20. The molecule has 0 radical (unpaired) electrons. The molecule has 0 fully saturated rings. The van der Waals surface area contributed by atoms with Gasteiger partial charge in [-0.05, 0) is 36.3 Å². The lowest BCUT2D eigenvalue weighted by Gasteiger charge is -2.03. The van der Waals surface area contributed by atoms with E-state index in [1.807, 2.05) is 0 Å². The molecule has 0 aliphatic carbocycles. The molecule has 0 aliphatic rings. The van der Waals surface area contributed by atoms with Crippen LogP contribution in [0.4, 0.5) is 0 Å². The average molecular weight is 293 g/mol. The summed E-state index contributed by atoms with van der Waals surface area (Å²) in [7, 11) is 1.80. The SMILES string of the molecule is CCCc1ccc(SCCCS(=O)(=O)Cl)cc1. The van der Waals surface area contributed by atoms with Crippen molar-refractivity contribution < 1.29 is 8.42 Å². The third kappa shape index (κ3) is 6.96.